The molecular weight excluding hydrogens is 232 g/mol. The van der Waals surface area contributed by atoms with E-state index in [-0.39, 0.29) is 18.6 Å². The van der Waals surface area contributed by atoms with Crippen LogP contribution in [0.5, 0.6) is 0 Å². The lowest BCUT2D eigenvalue weighted by Gasteiger charge is -2.20. The van der Waals surface area contributed by atoms with E-state index in [1.807, 2.05) is 13.8 Å². The second-order valence-corrected chi connectivity index (χ2v) is 4.34. The predicted octanol–water partition coefficient (Wildman–Crippen LogP) is 0.823. The Hall–Kier alpha value is -1.89. The number of rotatable bonds is 5. The fourth-order valence-electron chi connectivity index (χ4n) is 1.57. The van der Waals surface area contributed by atoms with E-state index in [4.69, 9.17) is 5.11 Å². The van der Waals surface area contributed by atoms with Crippen LogP contribution in [0, 0.1) is 5.92 Å². The van der Waals surface area contributed by atoms with Gasteiger partial charge >= 0.3 is 0 Å². The molecule has 0 fully saturated rings. The third-order valence-electron chi connectivity index (χ3n) is 3.02. The van der Waals surface area contributed by atoms with Gasteiger partial charge in [0.25, 0.3) is 0 Å². The topological polar surface area (TPSA) is 98.8 Å². The minimum Gasteiger partial charge on any atom is -0.396 e. The molecule has 2 unspecified atom stereocenters. The van der Waals surface area contributed by atoms with E-state index in [1.165, 1.54) is 0 Å². The van der Waals surface area contributed by atoms with Gasteiger partial charge in [-0.15, -0.1) is 0 Å². The number of anilines is 2. The van der Waals surface area contributed by atoms with Crippen LogP contribution in [0.4, 0.5) is 11.8 Å². The van der Waals surface area contributed by atoms with Gasteiger partial charge in [0.1, 0.15) is 5.52 Å². The quantitative estimate of drug-likeness (QED) is 0.627. The van der Waals surface area contributed by atoms with Crippen LogP contribution < -0.4 is 10.6 Å². The van der Waals surface area contributed by atoms with Crippen molar-refractivity contribution in [2.24, 2.45) is 5.92 Å². The van der Waals surface area contributed by atoms with Crippen molar-refractivity contribution in [1.82, 2.24) is 19.9 Å². The number of fused-ring (bicyclic) bond motifs is 1. The van der Waals surface area contributed by atoms with Crippen LogP contribution in [0.2, 0.25) is 0 Å². The second kappa shape index (κ2) is 5.18. The van der Waals surface area contributed by atoms with E-state index < -0.39 is 0 Å². The van der Waals surface area contributed by atoms with Crippen LogP contribution in [0.25, 0.3) is 11.2 Å². The van der Waals surface area contributed by atoms with E-state index in [9.17, 15) is 0 Å². The first-order chi connectivity index (χ1) is 8.65. The normalized spacial score (nSPS) is 14.4. The number of aromatic nitrogens is 4. The number of aliphatic hydroxyl groups excluding tert-OH is 1. The maximum absolute atomic E-state index is 9.15. The molecule has 0 radical (unpaired) electrons. The summed E-state index contributed by atoms with van der Waals surface area (Å²) in [5, 5.41) is 15.3. The highest BCUT2D eigenvalue weighted by atomic mass is 16.3. The Kier molecular flexibility index (Phi) is 3.61. The average molecular weight is 250 g/mol. The van der Waals surface area contributed by atoms with E-state index in [1.54, 1.807) is 13.4 Å². The largest absolute Gasteiger partial charge is 0.396 e. The highest BCUT2D eigenvalue weighted by molar-refractivity contribution is 5.83. The van der Waals surface area contributed by atoms with Gasteiger partial charge in [0, 0.05) is 19.7 Å². The monoisotopic (exact) mass is 250 g/mol. The lowest BCUT2D eigenvalue weighted by molar-refractivity contribution is 0.226. The molecule has 0 amide bonds. The first kappa shape index (κ1) is 12.6. The zero-order chi connectivity index (χ0) is 13.1. The van der Waals surface area contributed by atoms with Crippen LogP contribution in [0.15, 0.2) is 6.33 Å². The maximum Gasteiger partial charge on any atom is 0.226 e. The standard InChI is InChI=1S/C11H18N6O/c1-6(4-18)7(2)15-10-8-9(14-5-13-8)16-11(12-3)17-10/h5-7,18H,4H2,1-3H3,(H3,12,13,14,15,16,17). The van der Waals surface area contributed by atoms with E-state index in [0.29, 0.717) is 17.4 Å². The van der Waals surface area contributed by atoms with Gasteiger partial charge in [0.05, 0.1) is 6.33 Å². The number of nitrogens with zero attached hydrogens (tertiary/aromatic N) is 3. The summed E-state index contributed by atoms with van der Waals surface area (Å²) in [5.41, 5.74) is 1.38. The summed E-state index contributed by atoms with van der Waals surface area (Å²) in [5.74, 6) is 1.34. The molecule has 0 aliphatic carbocycles. The molecule has 2 heterocycles. The zero-order valence-corrected chi connectivity index (χ0v) is 10.7. The number of hydrogen-bond donors (Lipinski definition) is 4. The summed E-state index contributed by atoms with van der Waals surface area (Å²) in [7, 11) is 1.76. The molecule has 0 saturated carbocycles. The van der Waals surface area contributed by atoms with Gasteiger partial charge in [-0.1, -0.05) is 6.92 Å². The first-order valence-corrected chi connectivity index (χ1v) is 5.92. The van der Waals surface area contributed by atoms with Crippen molar-refractivity contribution >= 4 is 22.9 Å². The highest BCUT2D eigenvalue weighted by Gasteiger charge is 2.15. The van der Waals surface area contributed by atoms with Crippen molar-refractivity contribution in [2.45, 2.75) is 19.9 Å². The second-order valence-electron chi connectivity index (χ2n) is 4.34. The molecule has 2 aromatic heterocycles. The van der Waals surface area contributed by atoms with E-state index in [2.05, 4.69) is 30.6 Å². The maximum atomic E-state index is 9.15. The summed E-state index contributed by atoms with van der Waals surface area (Å²) < 4.78 is 0. The number of imidazole rings is 1. The predicted molar refractivity (Wildman–Crippen MR) is 70.6 cm³/mol. The zero-order valence-electron chi connectivity index (χ0n) is 10.7. The lowest BCUT2D eigenvalue weighted by Crippen LogP contribution is -2.27. The highest BCUT2D eigenvalue weighted by Crippen LogP contribution is 2.20. The Bertz CT molecular complexity index is 525. The Labute approximate surface area is 105 Å². The Morgan fingerprint density at radius 1 is 1.39 bits per heavy atom. The minimum absolute atomic E-state index is 0.0982. The molecule has 2 aromatic rings. The lowest BCUT2D eigenvalue weighted by atomic mass is 10.1. The fraction of sp³-hybridized carbons (Fsp3) is 0.545. The molecular formula is C11H18N6O. The van der Waals surface area contributed by atoms with Crippen LogP contribution in [-0.4, -0.2) is 44.7 Å². The van der Waals surface area contributed by atoms with Crippen molar-refractivity contribution in [3.63, 3.8) is 0 Å². The number of nitrogens with one attached hydrogen (secondary N) is 3. The number of H-pyrrole nitrogens is 1. The molecule has 0 spiro atoms. The summed E-state index contributed by atoms with van der Waals surface area (Å²) in [4.78, 5) is 15.7. The van der Waals surface area contributed by atoms with Crippen LogP contribution in [0.3, 0.4) is 0 Å². The van der Waals surface area contributed by atoms with Gasteiger partial charge in [-0.3, -0.25) is 0 Å². The molecule has 0 bridgehead atoms. The average Bonchev–Trinajstić information content (AvgIpc) is 2.85. The number of aromatic amines is 1. The molecule has 7 nitrogen and oxygen atoms in total. The van der Waals surface area contributed by atoms with Crippen LogP contribution in [-0.2, 0) is 0 Å². The molecule has 2 atom stereocenters. The van der Waals surface area contributed by atoms with Crippen molar-refractivity contribution in [2.75, 3.05) is 24.3 Å². The smallest absolute Gasteiger partial charge is 0.226 e. The molecule has 0 saturated heterocycles. The van der Waals surface area contributed by atoms with Gasteiger partial charge in [-0.25, -0.2) is 4.98 Å². The van der Waals surface area contributed by atoms with Gasteiger partial charge in [0.15, 0.2) is 11.5 Å². The van der Waals surface area contributed by atoms with E-state index in [0.717, 1.165) is 5.52 Å². The minimum atomic E-state index is 0.0982. The Morgan fingerprint density at radius 3 is 2.83 bits per heavy atom. The molecule has 0 aliphatic rings. The molecule has 4 N–H and O–H groups in total. The van der Waals surface area contributed by atoms with Crippen LogP contribution in [0.1, 0.15) is 13.8 Å². The van der Waals surface area contributed by atoms with Crippen LogP contribution >= 0.6 is 0 Å². The van der Waals surface area contributed by atoms with Gasteiger partial charge in [-0.2, -0.15) is 9.97 Å². The summed E-state index contributed by atoms with van der Waals surface area (Å²) >= 11 is 0. The molecule has 98 valence electrons. The van der Waals surface area contributed by atoms with Gasteiger partial charge < -0.3 is 20.7 Å². The molecule has 18 heavy (non-hydrogen) atoms. The molecule has 2 rings (SSSR count). The van der Waals surface area contributed by atoms with Gasteiger partial charge in [0.2, 0.25) is 5.95 Å². The summed E-state index contributed by atoms with van der Waals surface area (Å²) in [6.45, 7) is 4.11. The molecule has 0 aliphatic heterocycles. The van der Waals surface area contributed by atoms with Crippen molar-refractivity contribution in [3.8, 4) is 0 Å². The number of aliphatic hydroxyl groups is 1. The van der Waals surface area contributed by atoms with Crippen molar-refractivity contribution < 1.29 is 5.11 Å². The summed E-state index contributed by atoms with van der Waals surface area (Å²) in [6.07, 6.45) is 1.59. The fourth-order valence-corrected chi connectivity index (χ4v) is 1.57. The van der Waals surface area contributed by atoms with Gasteiger partial charge in [-0.05, 0) is 12.8 Å². The third-order valence-corrected chi connectivity index (χ3v) is 3.02. The van der Waals surface area contributed by atoms with Crippen molar-refractivity contribution in [1.29, 1.82) is 0 Å². The number of hydrogen-bond acceptors (Lipinski definition) is 6. The molecule has 0 aromatic carbocycles. The molecule has 7 heteroatoms. The summed E-state index contributed by atoms with van der Waals surface area (Å²) in [6, 6.07) is 0.0982. The Morgan fingerprint density at radius 2 is 2.17 bits per heavy atom. The first-order valence-electron chi connectivity index (χ1n) is 5.92. The Balaban J connectivity index is 2.33. The van der Waals surface area contributed by atoms with Crippen molar-refractivity contribution in [3.05, 3.63) is 6.33 Å². The SMILES string of the molecule is CNc1nc(NC(C)C(C)CO)c2[nH]cnc2n1. The van der Waals surface area contributed by atoms with E-state index >= 15 is 0 Å². The third kappa shape index (κ3) is 2.35.